The van der Waals surface area contributed by atoms with Gasteiger partial charge in [-0.05, 0) is 38.3 Å². The Hall–Kier alpha value is -1.68. The molecule has 1 aromatic carbocycles. The number of hydrogen-bond acceptors (Lipinski definition) is 3. The average molecular weight is 258 g/mol. The normalized spacial score (nSPS) is 14.3. The van der Waals surface area contributed by atoms with Crippen LogP contribution in [0.1, 0.15) is 25.0 Å². The molecule has 0 unspecified atom stereocenters. The summed E-state index contributed by atoms with van der Waals surface area (Å²) in [6, 6.07) is 9.38. The predicted molar refractivity (Wildman–Crippen MR) is 77.0 cm³/mol. The van der Waals surface area contributed by atoms with Crippen molar-refractivity contribution in [2.45, 2.75) is 45.8 Å². The number of rotatable bonds is 6. The molecule has 19 heavy (non-hydrogen) atoms. The monoisotopic (exact) mass is 258 g/mol. The molecule has 1 N–H and O–H groups in total. The van der Waals surface area contributed by atoms with Crippen molar-refractivity contribution in [3.8, 4) is 0 Å². The summed E-state index contributed by atoms with van der Waals surface area (Å²) in [6.07, 6.45) is 4.38. The van der Waals surface area contributed by atoms with Crippen LogP contribution in [-0.2, 0) is 13.0 Å². The first kappa shape index (κ1) is 13.7. The van der Waals surface area contributed by atoms with Gasteiger partial charge >= 0.3 is 0 Å². The molecule has 1 aromatic heterocycles. The van der Waals surface area contributed by atoms with E-state index in [-0.39, 0.29) is 0 Å². The van der Waals surface area contributed by atoms with Crippen molar-refractivity contribution in [2.24, 2.45) is 0 Å². The van der Waals surface area contributed by atoms with Crippen molar-refractivity contribution < 1.29 is 0 Å². The number of hydrogen-bond donors (Lipinski definition) is 1. The molecular weight excluding hydrogens is 236 g/mol. The second kappa shape index (κ2) is 6.48. The average Bonchev–Trinajstić information content (AvgIpc) is 2.84. The first-order valence-corrected chi connectivity index (χ1v) is 6.78. The van der Waals surface area contributed by atoms with Gasteiger partial charge in [-0.25, -0.2) is 4.98 Å². The van der Waals surface area contributed by atoms with E-state index >= 15 is 0 Å². The lowest BCUT2D eigenvalue weighted by molar-refractivity contribution is 0.405. The maximum Gasteiger partial charge on any atom is 0.137 e. The molecule has 0 aliphatic carbocycles. The van der Waals surface area contributed by atoms with Crippen molar-refractivity contribution in [2.75, 3.05) is 0 Å². The third-order valence-corrected chi connectivity index (χ3v) is 3.28. The third-order valence-electron chi connectivity index (χ3n) is 3.28. The lowest BCUT2D eigenvalue weighted by atomic mass is 10.0. The van der Waals surface area contributed by atoms with Crippen molar-refractivity contribution in [1.29, 1.82) is 0 Å². The number of nitrogens with zero attached hydrogens (tertiary/aromatic N) is 3. The smallest absolute Gasteiger partial charge is 0.137 e. The Bertz CT molecular complexity index is 493. The fraction of sp³-hybridized carbons (Fsp3) is 0.467. The Morgan fingerprint density at radius 1 is 1.21 bits per heavy atom. The van der Waals surface area contributed by atoms with E-state index in [1.54, 1.807) is 12.7 Å². The summed E-state index contributed by atoms with van der Waals surface area (Å²) < 4.78 is 1.86. The van der Waals surface area contributed by atoms with Crippen molar-refractivity contribution >= 4 is 0 Å². The van der Waals surface area contributed by atoms with Gasteiger partial charge in [-0.15, -0.1) is 0 Å². The molecule has 1 heterocycles. The highest BCUT2D eigenvalue weighted by atomic mass is 15.3. The summed E-state index contributed by atoms with van der Waals surface area (Å²) in [4.78, 5) is 3.96. The summed E-state index contributed by atoms with van der Waals surface area (Å²) in [5.41, 5.74) is 2.77. The van der Waals surface area contributed by atoms with Gasteiger partial charge in [0.05, 0.1) is 6.54 Å². The van der Waals surface area contributed by atoms with Crippen LogP contribution in [0.5, 0.6) is 0 Å². The minimum Gasteiger partial charge on any atom is -0.310 e. The molecule has 4 heteroatoms. The van der Waals surface area contributed by atoms with E-state index in [0.29, 0.717) is 12.1 Å². The van der Waals surface area contributed by atoms with Gasteiger partial charge in [0.2, 0.25) is 0 Å². The van der Waals surface area contributed by atoms with Crippen LogP contribution in [0, 0.1) is 6.92 Å². The van der Waals surface area contributed by atoms with Crippen LogP contribution in [-0.4, -0.2) is 26.8 Å². The van der Waals surface area contributed by atoms with Crippen LogP contribution < -0.4 is 5.32 Å². The van der Waals surface area contributed by atoms with E-state index < -0.39 is 0 Å². The summed E-state index contributed by atoms with van der Waals surface area (Å²) in [6.45, 7) is 7.42. The minimum atomic E-state index is 0.376. The largest absolute Gasteiger partial charge is 0.310 e. The Kier molecular flexibility index (Phi) is 4.68. The third kappa shape index (κ3) is 4.17. The highest BCUT2D eigenvalue weighted by molar-refractivity contribution is 5.26. The van der Waals surface area contributed by atoms with Gasteiger partial charge in [-0.3, -0.25) is 4.68 Å². The fourth-order valence-corrected chi connectivity index (χ4v) is 2.37. The van der Waals surface area contributed by atoms with Crippen LogP contribution in [0.4, 0.5) is 0 Å². The fourth-order valence-electron chi connectivity index (χ4n) is 2.37. The highest BCUT2D eigenvalue weighted by Gasteiger charge is 2.10. The highest BCUT2D eigenvalue weighted by Crippen LogP contribution is 2.10. The molecule has 0 fully saturated rings. The van der Waals surface area contributed by atoms with Gasteiger partial charge in [0.25, 0.3) is 0 Å². The molecule has 0 radical (unpaired) electrons. The molecule has 2 aromatic rings. The van der Waals surface area contributed by atoms with Gasteiger partial charge in [0, 0.05) is 12.1 Å². The molecule has 0 aliphatic heterocycles. The molecule has 0 aliphatic rings. The maximum absolute atomic E-state index is 4.13. The zero-order valence-corrected chi connectivity index (χ0v) is 11.9. The van der Waals surface area contributed by atoms with E-state index in [1.807, 2.05) is 4.68 Å². The second-order valence-corrected chi connectivity index (χ2v) is 5.22. The standard InChI is InChI=1S/C15H22N4/c1-12-6-4-5-7-15(12)8-13(2)18-14(3)9-19-11-16-10-17-19/h4-7,10-11,13-14,18H,8-9H2,1-3H3/t13-,14-/m1/s1. The molecule has 2 atom stereocenters. The van der Waals surface area contributed by atoms with Gasteiger partial charge in [-0.2, -0.15) is 5.10 Å². The van der Waals surface area contributed by atoms with Crippen molar-refractivity contribution in [3.63, 3.8) is 0 Å². The molecular formula is C15H22N4. The number of nitrogens with one attached hydrogen (secondary N) is 1. The molecule has 0 amide bonds. The minimum absolute atomic E-state index is 0.376. The lowest BCUT2D eigenvalue weighted by Gasteiger charge is -2.20. The van der Waals surface area contributed by atoms with Gasteiger partial charge in [0.15, 0.2) is 0 Å². The Labute approximate surface area is 114 Å². The Morgan fingerprint density at radius 2 is 2.00 bits per heavy atom. The maximum atomic E-state index is 4.13. The zero-order chi connectivity index (χ0) is 13.7. The zero-order valence-electron chi connectivity index (χ0n) is 11.9. The van der Waals surface area contributed by atoms with Gasteiger partial charge in [0.1, 0.15) is 12.7 Å². The van der Waals surface area contributed by atoms with E-state index in [1.165, 1.54) is 11.1 Å². The van der Waals surface area contributed by atoms with Crippen molar-refractivity contribution in [1.82, 2.24) is 20.1 Å². The summed E-state index contributed by atoms with van der Waals surface area (Å²) in [5.74, 6) is 0. The number of aromatic nitrogens is 3. The van der Waals surface area contributed by atoms with Gasteiger partial charge in [-0.1, -0.05) is 24.3 Å². The van der Waals surface area contributed by atoms with Crippen LogP contribution >= 0.6 is 0 Å². The first-order chi connectivity index (χ1) is 9.15. The molecule has 0 bridgehead atoms. The molecule has 0 spiro atoms. The van der Waals surface area contributed by atoms with Crippen LogP contribution in [0.2, 0.25) is 0 Å². The predicted octanol–water partition coefficient (Wildman–Crippen LogP) is 2.20. The lowest BCUT2D eigenvalue weighted by Crippen LogP contribution is -2.38. The van der Waals surface area contributed by atoms with Crippen molar-refractivity contribution in [3.05, 3.63) is 48.0 Å². The van der Waals surface area contributed by atoms with Crippen LogP contribution in [0.25, 0.3) is 0 Å². The molecule has 4 nitrogen and oxygen atoms in total. The molecule has 0 saturated heterocycles. The summed E-state index contributed by atoms with van der Waals surface area (Å²) >= 11 is 0. The molecule has 2 rings (SSSR count). The second-order valence-electron chi connectivity index (χ2n) is 5.22. The quantitative estimate of drug-likeness (QED) is 0.863. The summed E-state index contributed by atoms with van der Waals surface area (Å²) in [5, 5.41) is 7.73. The Morgan fingerprint density at radius 3 is 2.68 bits per heavy atom. The Balaban J connectivity index is 1.84. The molecule has 0 saturated carbocycles. The van der Waals surface area contributed by atoms with Crippen LogP contribution in [0.15, 0.2) is 36.9 Å². The van der Waals surface area contributed by atoms with Gasteiger partial charge < -0.3 is 5.32 Å². The molecule has 102 valence electrons. The van der Waals surface area contributed by atoms with E-state index in [4.69, 9.17) is 0 Å². The number of aryl methyl sites for hydroxylation is 1. The topological polar surface area (TPSA) is 42.7 Å². The number of benzene rings is 1. The summed E-state index contributed by atoms with van der Waals surface area (Å²) in [7, 11) is 0. The SMILES string of the molecule is Cc1ccccc1C[C@@H](C)N[C@H](C)Cn1cncn1. The van der Waals surface area contributed by atoms with E-state index in [0.717, 1.165) is 13.0 Å². The first-order valence-electron chi connectivity index (χ1n) is 6.78. The van der Waals surface area contributed by atoms with Crippen LogP contribution in [0.3, 0.4) is 0 Å². The van der Waals surface area contributed by atoms with E-state index in [9.17, 15) is 0 Å². The van der Waals surface area contributed by atoms with E-state index in [2.05, 4.69) is 60.4 Å².